The van der Waals surface area contributed by atoms with E-state index in [9.17, 15) is 4.79 Å². The summed E-state index contributed by atoms with van der Waals surface area (Å²) in [4.78, 5) is 19.5. The fraction of sp³-hybridized carbons (Fsp3) is 0.238. The molecule has 4 nitrogen and oxygen atoms in total. The van der Waals surface area contributed by atoms with Crippen LogP contribution in [0.25, 0.3) is 31.8 Å². The maximum absolute atomic E-state index is 12.5. The van der Waals surface area contributed by atoms with Crippen LogP contribution >= 0.6 is 11.3 Å². The van der Waals surface area contributed by atoms with Crippen LogP contribution in [-0.2, 0) is 6.54 Å². The lowest BCUT2D eigenvalue weighted by atomic mass is 10.1. The van der Waals surface area contributed by atoms with Crippen molar-refractivity contribution >= 4 is 32.5 Å². The Labute approximate surface area is 155 Å². The van der Waals surface area contributed by atoms with Gasteiger partial charge in [-0.1, -0.05) is 38.1 Å². The third-order valence-electron chi connectivity index (χ3n) is 4.63. The Morgan fingerprint density at radius 2 is 1.88 bits per heavy atom. The molecule has 5 heteroatoms. The average Bonchev–Trinajstić information content (AvgIpc) is 3.09. The van der Waals surface area contributed by atoms with E-state index in [4.69, 9.17) is 4.42 Å². The fourth-order valence-electron chi connectivity index (χ4n) is 3.10. The first-order valence-corrected chi connectivity index (χ1v) is 9.64. The van der Waals surface area contributed by atoms with E-state index in [0.717, 1.165) is 40.8 Å². The van der Waals surface area contributed by atoms with E-state index in [1.807, 2.05) is 42.5 Å². The second-order valence-electron chi connectivity index (χ2n) is 6.27. The Kier molecular flexibility index (Phi) is 4.57. The van der Waals surface area contributed by atoms with E-state index in [1.165, 1.54) is 11.3 Å². The van der Waals surface area contributed by atoms with Crippen LogP contribution in [0, 0.1) is 0 Å². The zero-order chi connectivity index (χ0) is 18.1. The van der Waals surface area contributed by atoms with Crippen LogP contribution in [0.4, 0.5) is 0 Å². The van der Waals surface area contributed by atoms with Crippen molar-refractivity contribution in [1.82, 2.24) is 9.88 Å². The van der Waals surface area contributed by atoms with E-state index in [-0.39, 0.29) is 5.63 Å². The molecule has 2 heterocycles. The number of fused-ring (bicyclic) bond motifs is 2. The van der Waals surface area contributed by atoms with Crippen molar-refractivity contribution in [2.75, 3.05) is 13.1 Å². The second kappa shape index (κ2) is 7.02. The molecule has 4 rings (SSSR count). The summed E-state index contributed by atoms with van der Waals surface area (Å²) < 4.78 is 6.69. The molecule has 0 fully saturated rings. The van der Waals surface area contributed by atoms with Gasteiger partial charge in [0.05, 0.1) is 15.8 Å². The lowest BCUT2D eigenvalue weighted by molar-refractivity contribution is 0.296. The number of aromatic nitrogens is 1. The molecular weight excluding hydrogens is 344 g/mol. The molecule has 0 aliphatic heterocycles. The standard InChI is InChI=1S/C21H20N2O2S/c1-3-23(4-2)13-14-9-10-15-12-16(21(24)25-18(15)11-14)20-22-17-7-5-6-8-19(17)26-20/h5-12H,3-4,13H2,1-2H3. The Bertz CT molecular complexity index is 1090. The van der Waals surface area contributed by atoms with E-state index >= 15 is 0 Å². The lowest BCUT2D eigenvalue weighted by Gasteiger charge is -2.17. The molecule has 2 aromatic heterocycles. The zero-order valence-electron chi connectivity index (χ0n) is 14.9. The van der Waals surface area contributed by atoms with Gasteiger partial charge in [0.2, 0.25) is 0 Å². The van der Waals surface area contributed by atoms with Crippen LogP contribution in [-0.4, -0.2) is 23.0 Å². The smallest absolute Gasteiger partial charge is 0.346 e. The number of benzene rings is 2. The van der Waals surface area contributed by atoms with Crippen molar-refractivity contribution in [3.05, 3.63) is 64.5 Å². The number of thiazole rings is 1. The topological polar surface area (TPSA) is 46.3 Å². The molecule has 0 atom stereocenters. The first kappa shape index (κ1) is 16.9. The van der Waals surface area contributed by atoms with E-state index < -0.39 is 0 Å². The molecule has 0 bridgehead atoms. The number of rotatable bonds is 5. The molecule has 0 radical (unpaired) electrons. The Morgan fingerprint density at radius 3 is 2.65 bits per heavy atom. The zero-order valence-corrected chi connectivity index (χ0v) is 15.7. The van der Waals surface area contributed by atoms with Gasteiger partial charge in [0.15, 0.2) is 0 Å². The maximum Gasteiger partial charge on any atom is 0.346 e. The van der Waals surface area contributed by atoms with Crippen LogP contribution in [0.2, 0.25) is 0 Å². The molecule has 4 aromatic rings. The van der Waals surface area contributed by atoms with Crippen molar-refractivity contribution in [2.24, 2.45) is 0 Å². The molecule has 2 aromatic carbocycles. The second-order valence-corrected chi connectivity index (χ2v) is 7.30. The van der Waals surface area contributed by atoms with Crippen molar-refractivity contribution in [3.63, 3.8) is 0 Å². The predicted molar refractivity (Wildman–Crippen MR) is 108 cm³/mol. The minimum Gasteiger partial charge on any atom is -0.422 e. The van der Waals surface area contributed by atoms with Crippen molar-refractivity contribution in [2.45, 2.75) is 20.4 Å². The Balaban J connectivity index is 1.76. The molecule has 0 N–H and O–H groups in total. The number of nitrogens with zero attached hydrogens (tertiary/aromatic N) is 2. The van der Waals surface area contributed by atoms with Crippen LogP contribution in [0.5, 0.6) is 0 Å². The van der Waals surface area contributed by atoms with E-state index in [1.54, 1.807) is 0 Å². The minimum atomic E-state index is -0.337. The van der Waals surface area contributed by atoms with E-state index in [0.29, 0.717) is 16.2 Å². The van der Waals surface area contributed by atoms with Gasteiger partial charge in [-0.05, 0) is 42.9 Å². The molecule has 0 aliphatic carbocycles. The molecule has 132 valence electrons. The molecule has 0 spiro atoms. The van der Waals surface area contributed by atoms with Gasteiger partial charge >= 0.3 is 5.63 Å². The molecular formula is C21H20N2O2S. The quantitative estimate of drug-likeness (QED) is 0.472. The number of para-hydroxylation sites is 1. The fourth-order valence-corrected chi connectivity index (χ4v) is 4.07. The Morgan fingerprint density at radius 1 is 1.08 bits per heavy atom. The summed E-state index contributed by atoms with van der Waals surface area (Å²) in [5, 5.41) is 1.62. The normalized spacial score (nSPS) is 11.7. The molecule has 26 heavy (non-hydrogen) atoms. The first-order chi connectivity index (χ1) is 12.7. The van der Waals surface area contributed by atoms with E-state index in [2.05, 4.69) is 29.8 Å². The van der Waals surface area contributed by atoms with Gasteiger partial charge in [0.1, 0.15) is 10.6 Å². The Hall–Kier alpha value is -2.50. The highest BCUT2D eigenvalue weighted by Gasteiger charge is 2.13. The van der Waals surface area contributed by atoms with Gasteiger partial charge in [0, 0.05) is 11.9 Å². The van der Waals surface area contributed by atoms with Crippen molar-refractivity contribution < 1.29 is 4.42 Å². The van der Waals surface area contributed by atoms with Crippen molar-refractivity contribution in [3.8, 4) is 10.6 Å². The maximum atomic E-state index is 12.5. The van der Waals surface area contributed by atoms with Gasteiger partial charge in [-0.3, -0.25) is 4.90 Å². The summed E-state index contributed by atoms with van der Waals surface area (Å²) in [6.45, 7) is 7.14. The molecule has 0 unspecified atom stereocenters. The van der Waals surface area contributed by atoms with Gasteiger partial charge in [-0.25, -0.2) is 9.78 Å². The highest BCUT2D eigenvalue weighted by Crippen LogP contribution is 2.30. The van der Waals surface area contributed by atoms with Crippen molar-refractivity contribution in [1.29, 1.82) is 0 Å². The third-order valence-corrected chi connectivity index (χ3v) is 5.69. The summed E-state index contributed by atoms with van der Waals surface area (Å²) in [5.74, 6) is 0. The highest BCUT2D eigenvalue weighted by molar-refractivity contribution is 7.21. The molecule has 0 amide bonds. The summed E-state index contributed by atoms with van der Waals surface area (Å²) in [6.07, 6.45) is 0. The van der Waals surface area contributed by atoms with Gasteiger partial charge < -0.3 is 4.42 Å². The van der Waals surface area contributed by atoms with Crippen LogP contribution in [0.15, 0.2) is 57.7 Å². The SMILES string of the molecule is CCN(CC)Cc1ccc2cc(-c3nc4ccccc4s3)c(=O)oc2c1. The monoisotopic (exact) mass is 364 g/mol. The van der Waals surface area contributed by atoms with Crippen LogP contribution < -0.4 is 5.63 Å². The van der Waals surface area contributed by atoms with Crippen LogP contribution in [0.3, 0.4) is 0 Å². The predicted octanol–water partition coefficient (Wildman–Crippen LogP) is 4.91. The largest absolute Gasteiger partial charge is 0.422 e. The lowest BCUT2D eigenvalue weighted by Crippen LogP contribution is -2.22. The van der Waals surface area contributed by atoms with Gasteiger partial charge in [-0.2, -0.15) is 0 Å². The summed E-state index contributed by atoms with van der Waals surface area (Å²) in [5.41, 5.74) is 2.87. The number of hydrogen-bond donors (Lipinski definition) is 0. The molecule has 0 aliphatic rings. The number of hydrogen-bond acceptors (Lipinski definition) is 5. The van der Waals surface area contributed by atoms with Crippen LogP contribution in [0.1, 0.15) is 19.4 Å². The minimum absolute atomic E-state index is 0.337. The summed E-state index contributed by atoms with van der Waals surface area (Å²) >= 11 is 1.51. The molecule has 0 saturated heterocycles. The first-order valence-electron chi connectivity index (χ1n) is 8.83. The molecule has 0 saturated carbocycles. The van der Waals surface area contributed by atoms with Gasteiger partial charge in [-0.15, -0.1) is 11.3 Å². The summed E-state index contributed by atoms with van der Waals surface area (Å²) in [7, 11) is 0. The third kappa shape index (κ3) is 3.16. The summed E-state index contributed by atoms with van der Waals surface area (Å²) in [6, 6.07) is 15.9. The van der Waals surface area contributed by atoms with Gasteiger partial charge in [0.25, 0.3) is 0 Å². The average molecular weight is 364 g/mol. The highest BCUT2D eigenvalue weighted by atomic mass is 32.1.